The van der Waals surface area contributed by atoms with Gasteiger partial charge in [0.2, 0.25) is 0 Å². The van der Waals surface area contributed by atoms with Gasteiger partial charge >= 0.3 is 12.0 Å². The molecule has 120 valence electrons. The predicted molar refractivity (Wildman–Crippen MR) is 80.1 cm³/mol. The number of hydrogen-bond acceptors (Lipinski definition) is 3. The minimum atomic E-state index is -0.751. The van der Waals surface area contributed by atoms with Crippen molar-refractivity contribution in [3.8, 4) is 0 Å². The molecule has 3 atom stereocenters. The first-order chi connectivity index (χ1) is 10.0. The number of carbonyl (C=O) groups excluding carboxylic acids is 1. The van der Waals surface area contributed by atoms with Crippen molar-refractivity contribution in [2.45, 2.75) is 45.1 Å². The van der Waals surface area contributed by atoms with Gasteiger partial charge in [-0.3, -0.25) is 4.79 Å². The van der Waals surface area contributed by atoms with E-state index in [2.05, 4.69) is 22.5 Å². The van der Waals surface area contributed by atoms with E-state index in [0.29, 0.717) is 25.3 Å². The first-order valence-corrected chi connectivity index (χ1v) is 8.04. The summed E-state index contributed by atoms with van der Waals surface area (Å²) in [4.78, 5) is 25.2. The molecule has 1 aliphatic heterocycles. The number of nitrogens with one attached hydrogen (secondary N) is 2. The van der Waals surface area contributed by atoms with Crippen molar-refractivity contribution in [2.75, 3.05) is 26.2 Å². The monoisotopic (exact) mass is 297 g/mol. The molecule has 0 bridgehead atoms. The van der Waals surface area contributed by atoms with E-state index in [4.69, 9.17) is 5.11 Å². The molecule has 2 rings (SSSR count). The van der Waals surface area contributed by atoms with Crippen molar-refractivity contribution < 1.29 is 14.7 Å². The van der Waals surface area contributed by atoms with Crippen molar-refractivity contribution in [2.24, 2.45) is 11.8 Å². The molecular formula is C15H27N3O3. The molecule has 0 aromatic heterocycles. The third-order valence-electron chi connectivity index (χ3n) is 4.50. The highest BCUT2D eigenvalue weighted by atomic mass is 16.4. The molecule has 6 heteroatoms. The quantitative estimate of drug-likeness (QED) is 0.689. The summed E-state index contributed by atoms with van der Waals surface area (Å²) in [6.45, 7) is 6.20. The van der Waals surface area contributed by atoms with E-state index in [1.807, 2.05) is 0 Å². The van der Waals surface area contributed by atoms with Crippen LogP contribution in [-0.4, -0.2) is 54.2 Å². The van der Waals surface area contributed by atoms with E-state index in [0.717, 1.165) is 13.0 Å². The number of urea groups is 1. The minimum absolute atomic E-state index is 0.0000109. The van der Waals surface area contributed by atoms with E-state index >= 15 is 0 Å². The van der Waals surface area contributed by atoms with Crippen molar-refractivity contribution in [3.63, 3.8) is 0 Å². The lowest BCUT2D eigenvalue weighted by Crippen LogP contribution is -2.43. The molecule has 3 unspecified atom stereocenters. The fourth-order valence-corrected chi connectivity index (χ4v) is 3.31. The molecule has 0 spiro atoms. The van der Waals surface area contributed by atoms with Crippen LogP contribution in [0.5, 0.6) is 0 Å². The van der Waals surface area contributed by atoms with Crippen LogP contribution in [0, 0.1) is 11.8 Å². The Bertz CT molecular complexity index is 369. The van der Waals surface area contributed by atoms with Gasteiger partial charge in [-0.1, -0.05) is 6.92 Å². The van der Waals surface area contributed by atoms with Crippen LogP contribution in [0.1, 0.15) is 39.0 Å². The Morgan fingerprint density at radius 3 is 2.62 bits per heavy atom. The standard InChI is InChI=1S/C15H27N3O3/c1-11(10-18-6-2-3-7-18)9-16-15(21)17-13-5-4-12(8-13)14(19)20/h11-13H,2-10H2,1H3,(H,19,20)(H2,16,17,21). The number of aliphatic carboxylic acids is 1. The van der Waals surface area contributed by atoms with Gasteiger partial charge in [-0.05, 0) is 51.1 Å². The highest BCUT2D eigenvalue weighted by molar-refractivity contribution is 5.75. The van der Waals surface area contributed by atoms with Crippen molar-refractivity contribution in [3.05, 3.63) is 0 Å². The first kappa shape index (κ1) is 16.1. The molecule has 0 aromatic carbocycles. The van der Waals surface area contributed by atoms with Crippen LogP contribution in [0.25, 0.3) is 0 Å². The summed E-state index contributed by atoms with van der Waals surface area (Å²) in [6.07, 6.45) is 4.53. The number of carboxylic acid groups (broad SMARTS) is 1. The van der Waals surface area contributed by atoms with Gasteiger partial charge < -0.3 is 20.6 Å². The Labute approximate surface area is 126 Å². The normalized spacial score (nSPS) is 27.5. The van der Waals surface area contributed by atoms with Crippen LogP contribution in [0.4, 0.5) is 4.79 Å². The van der Waals surface area contributed by atoms with Gasteiger partial charge in [0.1, 0.15) is 0 Å². The molecular weight excluding hydrogens is 270 g/mol. The zero-order valence-corrected chi connectivity index (χ0v) is 12.8. The van der Waals surface area contributed by atoms with Crippen molar-refractivity contribution in [1.29, 1.82) is 0 Å². The molecule has 1 aliphatic carbocycles. The van der Waals surface area contributed by atoms with Crippen LogP contribution in [0.2, 0.25) is 0 Å². The fraction of sp³-hybridized carbons (Fsp3) is 0.867. The van der Waals surface area contributed by atoms with E-state index in [9.17, 15) is 9.59 Å². The number of nitrogens with zero attached hydrogens (tertiary/aromatic N) is 1. The van der Waals surface area contributed by atoms with Gasteiger partial charge in [0, 0.05) is 19.1 Å². The maximum Gasteiger partial charge on any atom is 0.315 e. The van der Waals surface area contributed by atoms with Gasteiger partial charge in [0.15, 0.2) is 0 Å². The molecule has 1 saturated heterocycles. The van der Waals surface area contributed by atoms with Gasteiger partial charge in [-0.25, -0.2) is 4.79 Å². The molecule has 2 amide bonds. The maximum absolute atomic E-state index is 11.8. The third kappa shape index (κ3) is 5.19. The summed E-state index contributed by atoms with van der Waals surface area (Å²) in [6, 6.07) is -0.167. The molecule has 21 heavy (non-hydrogen) atoms. The van der Waals surface area contributed by atoms with Gasteiger partial charge in [-0.2, -0.15) is 0 Å². The van der Waals surface area contributed by atoms with Crippen LogP contribution >= 0.6 is 0 Å². The summed E-state index contributed by atoms with van der Waals surface area (Å²) in [5.74, 6) is -0.618. The Balaban J connectivity index is 1.60. The van der Waals surface area contributed by atoms with Gasteiger partial charge in [0.05, 0.1) is 5.92 Å². The second kappa shape index (κ2) is 7.64. The van der Waals surface area contributed by atoms with E-state index in [-0.39, 0.29) is 18.0 Å². The second-order valence-corrected chi connectivity index (χ2v) is 6.51. The molecule has 1 saturated carbocycles. The summed E-state index contributed by atoms with van der Waals surface area (Å²) < 4.78 is 0. The van der Waals surface area contributed by atoms with Crippen LogP contribution < -0.4 is 10.6 Å². The Morgan fingerprint density at radius 2 is 2.00 bits per heavy atom. The Kier molecular flexibility index (Phi) is 5.85. The Hall–Kier alpha value is -1.30. The second-order valence-electron chi connectivity index (χ2n) is 6.51. The molecule has 2 aliphatic rings. The van der Waals surface area contributed by atoms with Gasteiger partial charge in [-0.15, -0.1) is 0 Å². The molecule has 3 N–H and O–H groups in total. The molecule has 2 fully saturated rings. The van der Waals surface area contributed by atoms with E-state index in [1.54, 1.807) is 0 Å². The number of carboxylic acids is 1. The average molecular weight is 297 g/mol. The third-order valence-corrected chi connectivity index (χ3v) is 4.50. The zero-order chi connectivity index (χ0) is 15.2. The summed E-state index contributed by atoms with van der Waals surface area (Å²) in [5, 5.41) is 14.7. The number of rotatable bonds is 6. The zero-order valence-electron chi connectivity index (χ0n) is 12.8. The smallest absolute Gasteiger partial charge is 0.315 e. The minimum Gasteiger partial charge on any atom is -0.481 e. The van der Waals surface area contributed by atoms with Crippen molar-refractivity contribution in [1.82, 2.24) is 15.5 Å². The van der Waals surface area contributed by atoms with Crippen LogP contribution in [-0.2, 0) is 4.79 Å². The highest BCUT2D eigenvalue weighted by Gasteiger charge is 2.30. The number of likely N-dealkylation sites (tertiary alicyclic amines) is 1. The maximum atomic E-state index is 11.8. The summed E-state index contributed by atoms with van der Waals surface area (Å²) >= 11 is 0. The molecule has 0 radical (unpaired) electrons. The largest absolute Gasteiger partial charge is 0.481 e. The topological polar surface area (TPSA) is 81.7 Å². The molecule has 6 nitrogen and oxygen atoms in total. The summed E-state index contributed by atoms with van der Waals surface area (Å²) in [7, 11) is 0. The number of amides is 2. The molecule has 1 heterocycles. The van der Waals surface area contributed by atoms with Crippen molar-refractivity contribution >= 4 is 12.0 Å². The SMILES string of the molecule is CC(CNC(=O)NC1CCC(C(=O)O)C1)CN1CCCC1. The lowest BCUT2D eigenvalue weighted by atomic mass is 10.1. The van der Waals surface area contributed by atoms with E-state index < -0.39 is 5.97 Å². The van der Waals surface area contributed by atoms with Crippen LogP contribution in [0.15, 0.2) is 0 Å². The number of hydrogen-bond donors (Lipinski definition) is 3. The number of carbonyl (C=O) groups is 2. The molecule has 0 aromatic rings. The van der Waals surface area contributed by atoms with Gasteiger partial charge in [0.25, 0.3) is 0 Å². The lowest BCUT2D eigenvalue weighted by Gasteiger charge is -2.21. The fourth-order valence-electron chi connectivity index (χ4n) is 3.31. The average Bonchev–Trinajstić information content (AvgIpc) is 3.08. The first-order valence-electron chi connectivity index (χ1n) is 8.04. The van der Waals surface area contributed by atoms with E-state index in [1.165, 1.54) is 25.9 Å². The predicted octanol–water partition coefficient (Wildman–Crippen LogP) is 1.27. The Morgan fingerprint density at radius 1 is 1.29 bits per heavy atom. The highest BCUT2D eigenvalue weighted by Crippen LogP contribution is 2.25. The summed E-state index contributed by atoms with van der Waals surface area (Å²) in [5.41, 5.74) is 0. The van der Waals surface area contributed by atoms with Crippen LogP contribution in [0.3, 0.4) is 0 Å². The lowest BCUT2D eigenvalue weighted by molar-refractivity contribution is -0.141.